The van der Waals surface area contributed by atoms with Gasteiger partial charge >= 0.3 is 6.03 Å². The fraction of sp³-hybridized carbons (Fsp3) is 0.571. The van der Waals surface area contributed by atoms with E-state index in [0.717, 1.165) is 0 Å². The number of rotatable bonds is 2. The Hall–Kier alpha value is -1.43. The van der Waals surface area contributed by atoms with Crippen molar-refractivity contribution in [3.8, 4) is 0 Å². The molecule has 1 aliphatic rings. The molecule has 1 saturated heterocycles. The summed E-state index contributed by atoms with van der Waals surface area (Å²) in [5.74, 6) is -1.24. The van der Waals surface area contributed by atoms with E-state index in [4.69, 9.17) is 5.73 Å². The molecule has 4 N–H and O–H groups in total. The second-order valence-corrected chi connectivity index (χ2v) is 2.88. The molecular formula is C7H11N3O3. The molecule has 1 rings (SSSR count). The molecule has 0 unspecified atom stereocenters. The number of amides is 4. The molecule has 0 saturated carbocycles. The van der Waals surface area contributed by atoms with Gasteiger partial charge in [0.2, 0.25) is 11.8 Å². The van der Waals surface area contributed by atoms with Gasteiger partial charge in [0.15, 0.2) is 0 Å². The molecule has 72 valence electrons. The lowest BCUT2D eigenvalue weighted by molar-refractivity contribution is -0.143. The lowest BCUT2D eigenvalue weighted by Crippen LogP contribution is -2.64. The first-order chi connectivity index (χ1) is 6.06. The van der Waals surface area contributed by atoms with Crippen LogP contribution in [-0.2, 0) is 9.59 Å². The van der Waals surface area contributed by atoms with Gasteiger partial charge in [-0.3, -0.25) is 20.2 Å². The van der Waals surface area contributed by atoms with Crippen LogP contribution in [0.3, 0.4) is 0 Å². The predicted molar refractivity (Wildman–Crippen MR) is 43.5 cm³/mol. The minimum atomic E-state index is -1.28. The van der Waals surface area contributed by atoms with Crippen LogP contribution in [0.1, 0.15) is 13.3 Å². The molecule has 4 amide bonds. The van der Waals surface area contributed by atoms with Gasteiger partial charge in [0.05, 0.1) is 0 Å². The number of hydrogen-bond acceptors (Lipinski definition) is 4. The molecule has 0 radical (unpaired) electrons. The first-order valence-electron chi connectivity index (χ1n) is 3.93. The Labute approximate surface area is 74.8 Å². The van der Waals surface area contributed by atoms with E-state index in [2.05, 4.69) is 0 Å². The van der Waals surface area contributed by atoms with E-state index in [9.17, 15) is 14.4 Å². The minimum Gasteiger partial charge on any atom is -0.329 e. The summed E-state index contributed by atoms with van der Waals surface area (Å²) >= 11 is 0. The summed E-state index contributed by atoms with van der Waals surface area (Å²) in [6.45, 7) is 1.57. The monoisotopic (exact) mass is 185 g/mol. The van der Waals surface area contributed by atoms with Crippen molar-refractivity contribution in [3.63, 3.8) is 0 Å². The average molecular weight is 185 g/mol. The number of nitrogens with two attached hydrogens (primary N) is 1. The van der Waals surface area contributed by atoms with E-state index in [1.165, 1.54) is 0 Å². The maximum absolute atomic E-state index is 11.3. The molecule has 13 heavy (non-hydrogen) atoms. The van der Waals surface area contributed by atoms with Crippen molar-refractivity contribution in [3.05, 3.63) is 0 Å². The van der Waals surface area contributed by atoms with E-state index < -0.39 is 23.3 Å². The van der Waals surface area contributed by atoms with Crippen LogP contribution in [0.5, 0.6) is 0 Å². The summed E-state index contributed by atoms with van der Waals surface area (Å²) in [5.41, 5.74) is 4.06. The normalized spacial score (nSPS) is 20.9. The van der Waals surface area contributed by atoms with Gasteiger partial charge in [0, 0.05) is 6.54 Å². The number of carbonyl (C=O) groups is 3. The Morgan fingerprint density at radius 2 is 1.69 bits per heavy atom. The van der Waals surface area contributed by atoms with Gasteiger partial charge in [-0.05, 0) is 6.42 Å². The first kappa shape index (κ1) is 9.66. The van der Waals surface area contributed by atoms with E-state index in [1.54, 1.807) is 6.92 Å². The molecule has 1 aliphatic heterocycles. The van der Waals surface area contributed by atoms with Crippen molar-refractivity contribution in [2.75, 3.05) is 6.54 Å². The highest BCUT2D eigenvalue weighted by Gasteiger charge is 2.47. The van der Waals surface area contributed by atoms with E-state index in [0.29, 0.717) is 0 Å². The number of urea groups is 1. The summed E-state index contributed by atoms with van der Waals surface area (Å²) in [7, 11) is 0. The van der Waals surface area contributed by atoms with Crippen molar-refractivity contribution in [2.45, 2.75) is 13.3 Å². The second-order valence-electron chi connectivity index (χ2n) is 2.88. The number of barbiturate groups is 1. The number of imide groups is 2. The molecule has 1 heterocycles. The molecule has 0 spiro atoms. The molecular weight excluding hydrogens is 174 g/mol. The molecule has 6 nitrogen and oxygen atoms in total. The van der Waals surface area contributed by atoms with Gasteiger partial charge < -0.3 is 5.73 Å². The molecule has 0 aromatic rings. The fourth-order valence-corrected chi connectivity index (χ4v) is 1.23. The SMILES string of the molecule is CCC1(CN)C(=O)NC(=O)NC1=O. The lowest BCUT2D eigenvalue weighted by Gasteiger charge is -2.31. The standard InChI is InChI=1S/C7H11N3O3/c1-2-7(3-8)4(11)9-6(13)10-5(7)12/h2-3,8H2,1H3,(H2,9,10,11,12,13). The molecule has 0 aliphatic carbocycles. The number of carbonyl (C=O) groups excluding carboxylic acids is 3. The van der Waals surface area contributed by atoms with Gasteiger partial charge in [-0.25, -0.2) is 4.79 Å². The van der Waals surface area contributed by atoms with Crippen molar-refractivity contribution in [2.24, 2.45) is 11.1 Å². The van der Waals surface area contributed by atoms with Gasteiger partial charge in [0.25, 0.3) is 0 Å². The zero-order chi connectivity index (χ0) is 10.1. The Morgan fingerprint density at radius 1 is 1.23 bits per heavy atom. The predicted octanol–water partition coefficient (Wildman–Crippen LogP) is -1.29. The zero-order valence-electron chi connectivity index (χ0n) is 7.22. The van der Waals surface area contributed by atoms with Crippen LogP contribution in [0.15, 0.2) is 0 Å². The maximum atomic E-state index is 11.3. The van der Waals surface area contributed by atoms with Crippen molar-refractivity contribution in [1.29, 1.82) is 0 Å². The Kier molecular flexibility index (Phi) is 2.33. The number of hydrogen-bond donors (Lipinski definition) is 3. The molecule has 6 heteroatoms. The summed E-state index contributed by atoms with van der Waals surface area (Å²) in [5, 5.41) is 4.03. The fourth-order valence-electron chi connectivity index (χ4n) is 1.23. The third-order valence-corrected chi connectivity index (χ3v) is 2.28. The molecule has 0 bridgehead atoms. The molecule has 0 aromatic heterocycles. The smallest absolute Gasteiger partial charge is 0.328 e. The van der Waals surface area contributed by atoms with E-state index >= 15 is 0 Å². The molecule has 0 atom stereocenters. The highest BCUT2D eigenvalue weighted by atomic mass is 16.2. The molecule has 1 fully saturated rings. The zero-order valence-corrected chi connectivity index (χ0v) is 7.22. The average Bonchev–Trinajstić information content (AvgIpc) is 2.05. The highest BCUT2D eigenvalue weighted by Crippen LogP contribution is 2.22. The third kappa shape index (κ3) is 1.29. The Morgan fingerprint density at radius 3 is 2.00 bits per heavy atom. The van der Waals surface area contributed by atoms with Gasteiger partial charge in [-0.2, -0.15) is 0 Å². The highest BCUT2D eigenvalue weighted by molar-refractivity contribution is 6.19. The number of nitrogens with one attached hydrogen (secondary N) is 2. The van der Waals surface area contributed by atoms with E-state index in [1.807, 2.05) is 10.6 Å². The van der Waals surface area contributed by atoms with Crippen molar-refractivity contribution in [1.82, 2.24) is 10.6 Å². The van der Waals surface area contributed by atoms with Crippen LogP contribution in [0.4, 0.5) is 4.79 Å². The van der Waals surface area contributed by atoms with Gasteiger partial charge in [-0.15, -0.1) is 0 Å². The van der Waals surface area contributed by atoms with Crippen LogP contribution in [0, 0.1) is 5.41 Å². The quantitative estimate of drug-likeness (QED) is 0.466. The van der Waals surface area contributed by atoms with Crippen LogP contribution < -0.4 is 16.4 Å². The second kappa shape index (κ2) is 3.14. The van der Waals surface area contributed by atoms with Crippen LogP contribution in [-0.4, -0.2) is 24.4 Å². The van der Waals surface area contributed by atoms with Crippen molar-refractivity contribution < 1.29 is 14.4 Å². The topological polar surface area (TPSA) is 101 Å². The third-order valence-electron chi connectivity index (χ3n) is 2.28. The molecule has 0 aromatic carbocycles. The maximum Gasteiger partial charge on any atom is 0.328 e. The minimum absolute atomic E-state index is 0.103. The summed E-state index contributed by atoms with van der Waals surface area (Å²) < 4.78 is 0. The first-order valence-corrected chi connectivity index (χ1v) is 3.93. The summed E-state index contributed by atoms with van der Waals surface area (Å²) in [6, 6.07) is -0.785. The van der Waals surface area contributed by atoms with Gasteiger partial charge in [-0.1, -0.05) is 6.92 Å². The van der Waals surface area contributed by atoms with Crippen LogP contribution in [0.2, 0.25) is 0 Å². The largest absolute Gasteiger partial charge is 0.329 e. The van der Waals surface area contributed by atoms with E-state index in [-0.39, 0.29) is 13.0 Å². The summed E-state index contributed by atoms with van der Waals surface area (Å²) in [6.07, 6.45) is 0.272. The Bertz CT molecular complexity index is 248. The Balaban J connectivity index is 3.01. The van der Waals surface area contributed by atoms with Crippen LogP contribution in [0.25, 0.3) is 0 Å². The lowest BCUT2D eigenvalue weighted by atomic mass is 9.82. The van der Waals surface area contributed by atoms with Crippen molar-refractivity contribution >= 4 is 17.8 Å². The summed E-state index contributed by atoms with van der Waals surface area (Å²) in [4.78, 5) is 33.4. The van der Waals surface area contributed by atoms with Crippen LogP contribution >= 0.6 is 0 Å². The van der Waals surface area contributed by atoms with Gasteiger partial charge in [0.1, 0.15) is 5.41 Å².